The van der Waals surface area contributed by atoms with E-state index in [9.17, 15) is 32.4 Å². The molecule has 3 fully saturated rings. The maximum Gasteiger partial charge on any atom is 0.410 e. The fourth-order valence-corrected chi connectivity index (χ4v) is 9.52. The van der Waals surface area contributed by atoms with E-state index in [4.69, 9.17) is 9.47 Å². The van der Waals surface area contributed by atoms with Crippen molar-refractivity contribution in [2.45, 2.75) is 135 Å². The van der Waals surface area contributed by atoms with E-state index in [1.54, 1.807) is 25.7 Å². The largest absolute Gasteiger partial charge is 0.449 e. The van der Waals surface area contributed by atoms with Crippen LogP contribution in [0.5, 0.6) is 0 Å². The van der Waals surface area contributed by atoms with Crippen molar-refractivity contribution in [3.8, 4) is 0 Å². The summed E-state index contributed by atoms with van der Waals surface area (Å²) in [4.78, 5) is 74.6. The molecule has 5 atom stereocenters. The van der Waals surface area contributed by atoms with E-state index < -0.39 is 74.3 Å². The number of anilines is 1. The first kappa shape index (κ1) is 40.6. The van der Waals surface area contributed by atoms with Crippen LogP contribution in [-0.4, -0.2) is 104 Å². The van der Waals surface area contributed by atoms with Crippen LogP contribution in [0.2, 0.25) is 0 Å². The van der Waals surface area contributed by atoms with Gasteiger partial charge in [0, 0.05) is 32.2 Å². The van der Waals surface area contributed by atoms with Crippen LogP contribution in [0.1, 0.15) is 104 Å². The highest BCUT2D eigenvalue weighted by atomic mass is 32.2. The van der Waals surface area contributed by atoms with Crippen molar-refractivity contribution in [1.29, 1.82) is 0 Å². The highest BCUT2D eigenvalue weighted by molar-refractivity contribution is 7.91. The van der Waals surface area contributed by atoms with Crippen LogP contribution in [0.15, 0.2) is 18.2 Å². The summed E-state index contributed by atoms with van der Waals surface area (Å²) in [5, 5.41) is 4.96. The van der Waals surface area contributed by atoms with Gasteiger partial charge in [0.25, 0.3) is 5.91 Å². The van der Waals surface area contributed by atoms with E-state index in [-0.39, 0.29) is 37.3 Å². The molecule has 1 aromatic rings. The van der Waals surface area contributed by atoms with Gasteiger partial charge in [-0.25, -0.2) is 18.0 Å². The molecule has 0 aromatic heterocycles. The maximum absolute atomic E-state index is 14.6. The normalized spacial score (nSPS) is 29.1. The summed E-state index contributed by atoms with van der Waals surface area (Å²) in [6, 6.07) is 3.71. The Kier molecular flexibility index (Phi) is 11.1. The average Bonchev–Trinajstić information content (AvgIpc) is 4.00. The molecule has 3 N–H and O–H groups in total. The molecule has 0 radical (unpaired) electrons. The number of rotatable bonds is 6. The zero-order valence-corrected chi connectivity index (χ0v) is 34.1. The maximum atomic E-state index is 14.6. The summed E-state index contributed by atoms with van der Waals surface area (Å²) in [6.07, 6.45) is 2.00. The lowest BCUT2D eigenvalue weighted by Gasteiger charge is -2.35. The number of hydrogen-bond acceptors (Lipinski definition) is 10. The molecule has 2 aliphatic carbocycles. The van der Waals surface area contributed by atoms with Crippen LogP contribution < -0.4 is 20.3 Å². The number of carbonyl (C=O) groups excluding carboxylic acids is 5. The van der Waals surface area contributed by atoms with Crippen LogP contribution in [0.25, 0.3) is 0 Å². The fourth-order valence-electron chi connectivity index (χ4n) is 8.16. The van der Waals surface area contributed by atoms with Crippen molar-refractivity contribution in [3.63, 3.8) is 0 Å². The number of amides is 5. The minimum atomic E-state index is -3.88. The summed E-state index contributed by atoms with van der Waals surface area (Å²) in [5.41, 5.74) is 0.477. The van der Waals surface area contributed by atoms with Crippen LogP contribution >= 0.6 is 0 Å². The molecule has 2 saturated carbocycles. The van der Waals surface area contributed by atoms with Gasteiger partial charge in [-0.1, -0.05) is 66.5 Å². The molecule has 55 heavy (non-hydrogen) atoms. The highest BCUT2D eigenvalue weighted by Crippen LogP contribution is 2.47. The molecule has 5 amide bonds. The van der Waals surface area contributed by atoms with Gasteiger partial charge in [0.15, 0.2) is 0 Å². The van der Waals surface area contributed by atoms with Crippen LogP contribution in [0.3, 0.4) is 0 Å². The Morgan fingerprint density at radius 2 is 1.80 bits per heavy atom. The van der Waals surface area contributed by atoms with E-state index in [1.807, 2.05) is 46.0 Å². The molecule has 15 nitrogen and oxygen atoms in total. The number of sulfonamides is 1. The van der Waals surface area contributed by atoms with E-state index in [0.717, 1.165) is 42.6 Å². The summed E-state index contributed by atoms with van der Waals surface area (Å²) in [5.74, 6) is -2.35. The lowest BCUT2D eigenvalue weighted by Crippen LogP contribution is -2.60. The smallest absolute Gasteiger partial charge is 0.410 e. The number of nitrogens with zero attached hydrogens (tertiary/aromatic N) is 3. The monoisotopic (exact) mass is 786 g/mol. The van der Waals surface area contributed by atoms with Gasteiger partial charge in [0.2, 0.25) is 21.8 Å². The first-order valence-corrected chi connectivity index (χ1v) is 21.2. The Labute approximate surface area is 324 Å². The van der Waals surface area contributed by atoms with E-state index in [0.29, 0.717) is 32.4 Å². The SMILES string of the molecule is CC[C@H]1C[C@@]1(NC(=O)C1C[C@@H]2CN1C(=O)[C@H](C(C)(C)C)NC(=O)OCC(C)(C)CCCCN(C)c1cccc3c1CN(C3)C(=O)O2)C(=O)NS(=O)(=O)C1CC1. The molecule has 6 rings (SSSR count). The minimum absolute atomic E-state index is 0.0670. The number of cyclic esters (lactones) is 1. The summed E-state index contributed by atoms with van der Waals surface area (Å²) < 4.78 is 39.4. The molecule has 304 valence electrons. The van der Waals surface area contributed by atoms with Crippen LogP contribution in [0.4, 0.5) is 15.3 Å². The van der Waals surface area contributed by atoms with Gasteiger partial charge in [-0.05, 0) is 66.0 Å². The second-order valence-electron chi connectivity index (χ2n) is 18.0. The van der Waals surface area contributed by atoms with Crippen molar-refractivity contribution < 1.29 is 41.9 Å². The first-order valence-electron chi connectivity index (χ1n) is 19.6. The van der Waals surface area contributed by atoms with E-state index in [2.05, 4.69) is 20.3 Å². The average molecular weight is 787 g/mol. The predicted molar refractivity (Wildman–Crippen MR) is 204 cm³/mol. The lowest BCUT2D eigenvalue weighted by atomic mass is 9.85. The van der Waals surface area contributed by atoms with Crippen molar-refractivity contribution in [1.82, 2.24) is 25.2 Å². The first-order chi connectivity index (χ1) is 25.7. The quantitative estimate of drug-likeness (QED) is 0.384. The van der Waals surface area contributed by atoms with Gasteiger partial charge in [-0.2, -0.15) is 0 Å². The third-order valence-corrected chi connectivity index (χ3v) is 13.7. The molecule has 1 unspecified atom stereocenters. The Balaban J connectivity index is 1.28. The fraction of sp³-hybridized carbons (Fsp3) is 0.718. The number of alkyl carbamates (subject to hydrolysis) is 1. The highest BCUT2D eigenvalue weighted by Gasteiger charge is 2.62. The molecule has 0 spiro atoms. The third-order valence-electron chi connectivity index (χ3n) is 11.9. The number of hydrogen-bond donors (Lipinski definition) is 3. The molecular formula is C39H58N6O9S. The number of fused-ring (bicyclic) bond motifs is 3. The Morgan fingerprint density at radius 3 is 2.45 bits per heavy atom. The third kappa shape index (κ3) is 8.83. The minimum Gasteiger partial charge on any atom is -0.449 e. The van der Waals surface area contributed by atoms with Gasteiger partial charge < -0.3 is 29.9 Å². The van der Waals surface area contributed by atoms with Crippen molar-refractivity contribution in [2.75, 3.05) is 31.6 Å². The molecule has 16 heteroatoms. The van der Waals surface area contributed by atoms with Crippen LogP contribution in [0, 0.1) is 16.7 Å². The second-order valence-corrected chi connectivity index (χ2v) is 20.0. The van der Waals surface area contributed by atoms with Gasteiger partial charge in [0.05, 0.1) is 24.9 Å². The molecular weight excluding hydrogens is 729 g/mol. The van der Waals surface area contributed by atoms with Crippen molar-refractivity contribution >= 4 is 45.6 Å². The number of benzene rings is 1. The van der Waals surface area contributed by atoms with E-state index >= 15 is 0 Å². The van der Waals surface area contributed by atoms with Gasteiger partial charge in [0.1, 0.15) is 23.7 Å². The molecule has 3 heterocycles. The topological polar surface area (TPSA) is 184 Å². The summed E-state index contributed by atoms with van der Waals surface area (Å²) in [7, 11) is -1.85. The standard InChI is InChI=1S/C39H58N6O9S/c1-8-25-19-39(25,34(48)42-55(51,52)27-14-15-27)41-32(46)30-18-26-21-45(30)33(47)31(37(2,3)4)40-35(49)53-23-38(5,6)16-9-10-17-43(7)29-13-11-12-24-20-44(22-28(24)29)36(50)54-26/h11-13,25-27,30-31H,8-10,14-23H2,1-7H3,(H,40,49)(H,41,46)(H,42,48)/t25-,26+,30?,31+,39-/m0/s1. The molecule has 1 saturated heterocycles. The van der Waals surface area contributed by atoms with Gasteiger partial charge in [-0.3, -0.25) is 24.0 Å². The number of nitrogens with one attached hydrogen (secondary N) is 3. The summed E-state index contributed by atoms with van der Waals surface area (Å²) >= 11 is 0. The van der Waals surface area contributed by atoms with Gasteiger partial charge in [-0.15, -0.1) is 0 Å². The van der Waals surface area contributed by atoms with Crippen molar-refractivity contribution in [2.24, 2.45) is 16.7 Å². The zero-order chi connectivity index (χ0) is 40.1. The zero-order valence-electron chi connectivity index (χ0n) is 33.2. The molecule has 1 aromatic carbocycles. The van der Waals surface area contributed by atoms with E-state index in [1.165, 1.54) is 4.90 Å². The lowest BCUT2D eigenvalue weighted by molar-refractivity contribution is -0.143. The predicted octanol–water partition coefficient (Wildman–Crippen LogP) is 3.79. The number of ether oxygens (including phenoxy) is 2. The molecule has 3 aliphatic heterocycles. The van der Waals surface area contributed by atoms with Crippen LogP contribution in [-0.2, 0) is 47.0 Å². The summed E-state index contributed by atoms with van der Waals surface area (Å²) in [6.45, 7) is 12.8. The Hall–Kier alpha value is -4.08. The second kappa shape index (κ2) is 15.1. The number of carbonyl (C=O) groups is 5. The van der Waals surface area contributed by atoms with Gasteiger partial charge >= 0.3 is 12.2 Å². The Morgan fingerprint density at radius 1 is 1.07 bits per heavy atom. The van der Waals surface area contributed by atoms with Crippen molar-refractivity contribution in [3.05, 3.63) is 29.3 Å². The Bertz CT molecular complexity index is 1810. The molecule has 4 bridgehead atoms. The molecule has 5 aliphatic rings.